The molecule has 0 fully saturated rings. The standard InChI is InChI=1S/C17H9N3O2S2/c18-7-13-11(5-6-23-13)15-10-3-1-2-4-12(10)20(17(21)22)16(15)14-8-19-9-24-14/h1-6,8-9H,(H,21,22). The average molecular weight is 351 g/mol. The molecule has 0 saturated heterocycles. The summed E-state index contributed by atoms with van der Waals surface area (Å²) in [5, 5.41) is 21.8. The maximum Gasteiger partial charge on any atom is 0.416 e. The number of aromatic nitrogens is 2. The van der Waals surface area contributed by atoms with Gasteiger partial charge in [-0.05, 0) is 17.5 Å². The lowest BCUT2D eigenvalue weighted by Crippen LogP contribution is -2.08. The Bertz CT molecular complexity index is 1100. The molecule has 5 nitrogen and oxygen atoms in total. The monoisotopic (exact) mass is 351 g/mol. The van der Waals surface area contributed by atoms with E-state index in [4.69, 9.17) is 0 Å². The van der Waals surface area contributed by atoms with Gasteiger partial charge in [0.1, 0.15) is 10.9 Å². The Morgan fingerprint density at radius 2 is 2.08 bits per heavy atom. The number of nitriles is 1. The minimum atomic E-state index is -1.06. The predicted octanol–water partition coefficient (Wildman–Crippen LogP) is 4.89. The maximum atomic E-state index is 12.0. The van der Waals surface area contributed by atoms with Crippen LogP contribution in [0.2, 0.25) is 0 Å². The number of rotatable bonds is 2. The molecule has 3 heterocycles. The molecule has 4 rings (SSSR count). The van der Waals surface area contributed by atoms with Crippen LogP contribution in [0.4, 0.5) is 4.79 Å². The van der Waals surface area contributed by atoms with Gasteiger partial charge in [0.25, 0.3) is 0 Å². The Morgan fingerprint density at radius 3 is 2.79 bits per heavy atom. The molecule has 0 aliphatic carbocycles. The number of nitrogens with zero attached hydrogens (tertiary/aromatic N) is 3. The van der Waals surface area contributed by atoms with E-state index >= 15 is 0 Å². The van der Waals surface area contributed by atoms with Crippen molar-refractivity contribution >= 4 is 39.7 Å². The maximum absolute atomic E-state index is 12.0. The van der Waals surface area contributed by atoms with E-state index in [1.807, 2.05) is 23.6 Å². The smallest absolute Gasteiger partial charge is 0.416 e. The molecule has 7 heteroatoms. The molecule has 0 amide bonds. The van der Waals surface area contributed by atoms with E-state index in [-0.39, 0.29) is 0 Å². The highest BCUT2D eigenvalue weighted by atomic mass is 32.1. The minimum absolute atomic E-state index is 0.557. The summed E-state index contributed by atoms with van der Waals surface area (Å²) in [4.78, 5) is 17.3. The van der Waals surface area contributed by atoms with Gasteiger partial charge in [0.05, 0.1) is 21.6 Å². The molecule has 0 atom stereocenters. The van der Waals surface area contributed by atoms with E-state index in [2.05, 4.69) is 11.1 Å². The Morgan fingerprint density at radius 1 is 1.25 bits per heavy atom. The van der Waals surface area contributed by atoms with Gasteiger partial charge in [-0.3, -0.25) is 4.98 Å². The van der Waals surface area contributed by atoms with Crippen LogP contribution in [-0.2, 0) is 0 Å². The van der Waals surface area contributed by atoms with Crippen molar-refractivity contribution in [2.75, 3.05) is 0 Å². The van der Waals surface area contributed by atoms with Crippen molar-refractivity contribution in [3.63, 3.8) is 0 Å². The third kappa shape index (κ3) is 2.05. The van der Waals surface area contributed by atoms with Crippen molar-refractivity contribution in [2.24, 2.45) is 0 Å². The summed E-state index contributed by atoms with van der Waals surface area (Å²) in [6, 6.07) is 11.4. The van der Waals surface area contributed by atoms with Crippen molar-refractivity contribution in [1.29, 1.82) is 5.26 Å². The SMILES string of the molecule is N#Cc1sccc1-c1c(-c2cncs2)n(C(=O)O)c2ccccc12. The number of benzene rings is 1. The molecule has 0 saturated carbocycles. The number of hydrogen-bond acceptors (Lipinski definition) is 5. The number of thiophene rings is 1. The molecule has 116 valence electrons. The first-order valence-corrected chi connectivity index (χ1v) is 8.72. The third-order valence-electron chi connectivity index (χ3n) is 3.77. The van der Waals surface area contributed by atoms with Gasteiger partial charge in [-0.15, -0.1) is 22.7 Å². The van der Waals surface area contributed by atoms with E-state index < -0.39 is 6.09 Å². The largest absolute Gasteiger partial charge is 0.464 e. The molecule has 0 radical (unpaired) electrons. The van der Waals surface area contributed by atoms with E-state index in [0.29, 0.717) is 16.1 Å². The molecule has 4 aromatic rings. The number of carboxylic acid groups (broad SMARTS) is 1. The molecule has 0 spiro atoms. The summed E-state index contributed by atoms with van der Waals surface area (Å²) in [5.41, 5.74) is 4.33. The van der Waals surface area contributed by atoms with Crippen LogP contribution in [0.3, 0.4) is 0 Å². The first kappa shape index (κ1) is 14.6. The molecule has 1 aromatic carbocycles. The second-order valence-corrected chi connectivity index (χ2v) is 6.80. The highest BCUT2D eigenvalue weighted by Gasteiger charge is 2.25. The molecule has 0 aliphatic heterocycles. The molecule has 1 N–H and O–H groups in total. The molecule has 0 unspecified atom stereocenters. The molecular formula is C17H9N3O2S2. The number of hydrogen-bond donors (Lipinski definition) is 1. The Hall–Kier alpha value is -2.95. The number of para-hydroxylation sites is 1. The van der Waals surface area contributed by atoms with Crippen molar-refractivity contribution in [3.05, 3.63) is 52.3 Å². The fourth-order valence-electron chi connectivity index (χ4n) is 2.87. The zero-order valence-corrected chi connectivity index (χ0v) is 13.8. The molecular weight excluding hydrogens is 342 g/mol. The van der Waals surface area contributed by atoms with Crippen LogP contribution in [0, 0.1) is 11.3 Å². The molecule has 0 aliphatic rings. The van der Waals surface area contributed by atoms with Crippen LogP contribution < -0.4 is 0 Å². The van der Waals surface area contributed by atoms with Gasteiger partial charge in [0, 0.05) is 22.7 Å². The number of fused-ring (bicyclic) bond motifs is 1. The first-order valence-electron chi connectivity index (χ1n) is 6.96. The van der Waals surface area contributed by atoms with Gasteiger partial charge < -0.3 is 5.11 Å². The van der Waals surface area contributed by atoms with Crippen LogP contribution in [0.15, 0.2) is 47.4 Å². The van der Waals surface area contributed by atoms with Gasteiger partial charge in [0.15, 0.2) is 0 Å². The van der Waals surface area contributed by atoms with Crippen molar-refractivity contribution in [1.82, 2.24) is 9.55 Å². The van der Waals surface area contributed by atoms with Crippen LogP contribution in [0.1, 0.15) is 4.88 Å². The number of carbonyl (C=O) groups is 1. The minimum Gasteiger partial charge on any atom is -0.464 e. The van der Waals surface area contributed by atoms with E-state index in [9.17, 15) is 15.2 Å². The normalized spacial score (nSPS) is 10.8. The molecule has 24 heavy (non-hydrogen) atoms. The summed E-state index contributed by atoms with van der Waals surface area (Å²) in [6.07, 6.45) is 0.592. The lowest BCUT2D eigenvalue weighted by atomic mass is 10.0. The lowest BCUT2D eigenvalue weighted by molar-refractivity contribution is 0.198. The van der Waals surface area contributed by atoms with Crippen molar-refractivity contribution in [3.8, 4) is 27.8 Å². The lowest BCUT2D eigenvalue weighted by Gasteiger charge is -2.05. The second kappa shape index (κ2) is 5.60. The summed E-state index contributed by atoms with van der Waals surface area (Å²) < 4.78 is 1.27. The van der Waals surface area contributed by atoms with Crippen molar-refractivity contribution < 1.29 is 9.90 Å². The van der Waals surface area contributed by atoms with Crippen LogP contribution in [0.5, 0.6) is 0 Å². The fourth-order valence-corrected chi connectivity index (χ4v) is 4.22. The van der Waals surface area contributed by atoms with Gasteiger partial charge in [-0.1, -0.05) is 18.2 Å². The summed E-state index contributed by atoms with van der Waals surface area (Å²) in [7, 11) is 0. The Labute approximate surface area is 144 Å². The predicted molar refractivity (Wildman–Crippen MR) is 94.5 cm³/mol. The summed E-state index contributed by atoms with van der Waals surface area (Å²) in [6.45, 7) is 0. The van der Waals surface area contributed by atoms with Crippen molar-refractivity contribution in [2.45, 2.75) is 0 Å². The summed E-state index contributed by atoms with van der Waals surface area (Å²) in [5.74, 6) is 0. The highest BCUT2D eigenvalue weighted by molar-refractivity contribution is 7.13. The Balaban J connectivity index is 2.22. The zero-order chi connectivity index (χ0) is 16.7. The van der Waals surface area contributed by atoms with Gasteiger partial charge in [-0.2, -0.15) is 5.26 Å². The van der Waals surface area contributed by atoms with Gasteiger partial charge in [0.2, 0.25) is 0 Å². The van der Waals surface area contributed by atoms with E-state index in [1.54, 1.807) is 23.8 Å². The highest BCUT2D eigenvalue weighted by Crippen LogP contribution is 2.44. The third-order valence-corrected chi connectivity index (χ3v) is 5.37. The topological polar surface area (TPSA) is 78.9 Å². The zero-order valence-electron chi connectivity index (χ0n) is 12.1. The van der Waals surface area contributed by atoms with Gasteiger partial charge >= 0.3 is 6.09 Å². The quantitative estimate of drug-likeness (QED) is 0.557. The molecule has 0 bridgehead atoms. The number of thiazole rings is 1. The van der Waals surface area contributed by atoms with Gasteiger partial charge in [-0.25, -0.2) is 9.36 Å². The first-order chi connectivity index (χ1) is 11.7. The van der Waals surface area contributed by atoms with Crippen LogP contribution in [0.25, 0.3) is 32.6 Å². The Kier molecular flexibility index (Phi) is 3.41. The average Bonchev–Trinajstić information content (AvgIpc) is 3.31. The van der Waals surface area contributed by atoms with E-state index in [0.717, 1.165) is 21.4 Å². The van der Waals surface area contributed by atoms with Crippen LogP contribution >= 0.6 is 22.7 Å². The van der Waals surface area contributed by atoms with E-state index in [1.165, 1.54) is 27.2 Å². The molecule has 3 aromatic heterocycles. The fraction of sp³-hybridized carbons (Fsp3) is 0. The second-order valence-electron chi connectivity index (χ2n) is 5.00. The summed E-state index contributed by atoms with van der Waals surface area (Å²) >= 11 is 2.72. The van der Waals surface area contributed by atoms with Crippen LogP contribution in [-0.4, -0.2) is 20.8 Å².